The molecule has 0 aromatic rings. The first-order chi connectivity index (χ1) is 7.16. The van der Waals surface area contributed by atoms with Gasteiger partial charge in [-0.15, -0.1) is 0 Å². The van der Waals surface area contributed by atoms with Gasteiger partial charge in [-0.25, -0.2) is 0 Å². The Hall–Kier alpha value is -0.0800. The molecule has 2 fully saturated rings. The Morgan fingerprint density at radius 1 is 1.20 bits per heavy atom. The predicted molar refractivity (Wildman–Crippen MR) is 65.1 cm³/mol. The lowest BCUT2D eigenvalue weighted by Crippen LogP contribution is -2.57. The van der Waals surface area contributed by atoms with Gasteiger partial charge in [-0.2, -0.15) is 0 Å². The van der Waals surface area contributed by atoms with Crippen LogP contribution in [0.2, 0.25) is 0 Å². The Balaban J connectivity index is 1.78. The number of nitrogens with one attached hydrogen (secondary N) is 1. The number of nitrogens with zero attached hydrogens (tertiary/aromatic N) is 1. The number of hydrogen-bond acceptors (Lipinski definition) is 2. The molecule has 2 aliphatic rings. The van der Waals surface area contributed by atoms with E-state index < -0.39 is 0 Å². The standard InChI is InChI=1S/C13H26N2/c1-13(2)11-15(9-8-14-13)10-12-6-4-3-5-7-12/h12,14H,3-11H2,1-2H3. The Bertz CT molecular complexity index is 195. The second-order valence-corrected chi connectivity index (χ2v) is 6.05. The van der Waals surface area contributed by atoms with Crippen molar-refractivity contribution in [3.05, 3.63) is 0 Å². The van der Waals surface area contributed by atoms with Crippen molar-refractivity contribution in [2.75, 3.05) is 26.2 Å². The van der Waals surface area contributed by atoms with Gasteiger partial charge in [0.05, 0.1) is 0 Å². The van der Waals surface area contributed by atoms with Gasteiger partial charge in [0.25, 0.3) is 0 Å². The van der Waals surface area contributed by atoms with Gasteiger partial charge in [0.2, 0.25) is 0 Å². The first-order valence-corrected chi connectivity index (χ1v) is 6.63. The highest BCUT2D eigenvalue weighted by Crippen LogP contribution is 2.25. The van der Waals surface area contributed by atoms with Crippen molar-refractivity contribution in [1.82, 2.24) is 10.2 Å². The lowest BCUT2D eigenvalue weighted by atomic mass is 9.88. The molecule has 88 valence electrons. The first kappa shape index (κ1) is 11.4. The minimum absolute atomic E-state index is 0.326. The van der Waals surface area contributed by atoms with Crippen molar-refractivity contribution in [2.24, 2.45) is 5.92 Å². The summed E-state index contributed by atoms with van der Waals surface area (Å²) in [6.45, 7) is 9.63. The maximum atomic E-state index is 3.58. The van der Waals surface area contributed by atoms with Crippen LogP contribution in [-0.4, -0.2) is 36.6 Å². The van der Waals surface area contributed by atoms with Crippen LogP contribution < -0.4 is 5.32 Å². The average molecular weight is 210 g/mol. The van der Waals surface area contributed by atoms with E-state index in [0.717, 1.165) is 5.92 Å². The van der Waals surface area contributed by atoms with Crippen LogP contribution >= 0.6 is 0 Å². The van der Waals surface area contributed by atoms with Gasteiger partial charge in [-0.3, -0.25) is 4.90 Å². The van der Waals surface area contributed by atoms with Crippen LogP contribution in [0.4, 0.5) is 0 Å². The zero-order valence-electron chi connectivity index (χ0n) is 10.4. The van der Waals surface area contributed by atoms with Crippen LogP contribution in [0.5, 0.6) is 0 Å². The summed E-state index contributed by atoms with van der Waals surface area (Å²) in [4.78, 5) is 2.67. The van der Waals surface area contributed by atoms with E-state index in [1.54, 1.807) is 0 Å². The Morgan fingerprint density at radius 3 is 2.60 bits per heavy atom. The van der Waals surface area contributed by atoms with Crippen LogP contribution in [0.15, 0.2) is 0 Å². The fourth-order valence-electron chi connectivity index (χ4n) is 3.14. The van der Waals surface area contributed by atoms with Crippen molar-refractivity contribution >= 4 is 0 Å². The molecule has 2 rings (SSSR count). The molecule has 1 saturated heterocycles. The summed E-state index contributed by atoms with van der Waals surface area (Å²) in [5.74, 6) is 0.993. The number of rotatable bonds is 2. The van der Waals surface area contributed by atoms with E-state index in [9.17, 15) is 0 Å². The molecular weight excluding hydrogens is 184 g/mol. The van der Waals surface area contributed by atoms with Crippen LogP contribution in [0.25, 0.3) is 0 Å². The van der Waals surface area contributed by atoms with Gasteiger partial charge < -0.3 is 5.32 Å². The Labute approximate surface area is 94.4 Å². The van der Waals surface area contributed by atoms with Crippen molar-refractivity contribution < 1.29 is 0 Å². The number of piperazine rings is 1. The van der Waals surface area contributed by atoms with Gasteiger partial charge in [-0.1, -0.05) is 19.3 Å². The largest absolute Gasteiger partial charge is 0.309 e. The monoisotopic (exact) mass is 210 g/mol. The summed E-state index contributed by atoms with van der Waals surface area (Å²) in [7, 11) is 0. The molecule has 0 bridgehead atoms. The van der Waals surface area contributed by atoms with Crippen LogP contribution in [0.3, 0.4) is 0 Å². The topological polar surface area (TPSA) is 15.3 Å². The summed E-state index contributed by atoms with van der Waals surface area (Å²) in [6, 6.07) is 0. The van der Waals surface area contributed by atoms with Gasteiger partial charge >= 0.3 is 0 Å². The third-order valence-corrected chi connectivity index (χ3v) is 3.89. The van der Waals surface area contributed by atoms with Crippen molar-refractivity contribution in [3.8, 4) is 0 Å². The van der Waals surface area contributed by atoms with Crippen molar-refractivity contribution in [2.45, 2.75) is 51.5 Å². The highest BCUT2D eigenvalue weighted by atomic mass is 15.2. The molecule has 0 atom stereocenters. The maximum absolute atomic E-state index is 3.58. The lowest BCUT2D eigenvalue weighted by molar-refractivity contribution is 0.124. The van der Waals surface area contributed by atoms with E-state index in [1.807, 2.05) is 0 Å². The van der Waals surface area contributed by atoms with Gasteiger partial charge in [0, 0.05) is 31.7 Å². The van der Waals surface area contributed by atoms with Crippen molar-refractivity contribution in [3.63, 3.8) is 0 Å². The molecule has 15 heavy (non-hydrogen) atoms. The van der Waals surface area contributed by atoms with Crippen LogP contribution in [0, 0.1) is 5.92 Å². The molecule has 0 aromatic heterocycles. The van der Waals surface area contributed by atoms with Crippen LogP contribution in [-0.2, 0) is 0 Å². The molecule has 0 aromatic carbocycles. The molecule has 2 nitrogen and oxygen atoms in total. The van der Waals surface area contributed by atoms with E-state index in [2.05, 4.69) is 24.1 Å². The molecule has 0 unspecified atom stereocenters. The van der Waals surface area contributed by atoms with Gasteiger partial charge in [-0.05, 0) is 32.6 Å². The van der Waals surface area contributed by atoms with E-state index in [1.165, 1.54) is 58.3 Å². The molecule has 1 saturated carbocycles. The average Bonchev–Trinajstić information content (AvgIpc) is 2.17. The molecule has 2 heteroatoms. The number of hydrogen-bond donors (Lipinski definition) is 1. The third-order valence-electron chi connectivity index (χ3n) is 3.89. The minimum atomic E-state index is 0.326. The molecule has 0 radical (unpaired) electrons. The minimum Gasteiger partial charge on any atom is -0.309 e. The highest BCUT2D eigenvalue weighted by Gasteiger charge is 2.27. The van der Waals surface area contributed by atoms with Gasteiger partial charge in [0.1, 0.15) is 0 Å². The second-order valence-electron chi connectivity index (χ2n) is 6.05. The van der Waals surface area contributed by atoms with E-state index >= 15 is 0 Å². The first-order valence-electron chi connectivity index (χ1n) is 6.63. The molecule has 1 heterocycles. The normalized spacial score (nSPS) is 29.2. The van der Waals surface area contributed by atoms with E-state index in [0.29, 0.717) is 5.54 Å². The molecule has 1 N–H and O–H groups in total. The summed E-state index contributed by atoms with van der Waals surface area (Å²) in [5.41, 5.74) is 0.326. The SMILES string of the molecule is CC1(C)CN(CC2CCCCC2)CCN1. The van der Waals surface area contributed by atoms with Gasteiger partial charge in [0.15, 0.2) is 0 Å². The highest BCUT2D eigenvalue weighted by molar-refractivity contribution is 4.87. The third kappa shape index (κ3) is 3.46. The molecule has 0 amide bonds. The fourth-order valence-corrected chi connectivity index (χ4v) is 3.14. The quantitative estimate of drug-likeness (QED) is 0.752. The van der Waals surface area contributed by atoms with Crippen molar-refractivity contribution in [1.29, 1.82) is 0 Å². The van der Waals surface area contributed by atoms with E-state index in [4.69, 9.17) is 0 Å². The summed E-state index contributed by atoms with van der Waals surface area (Å²) < 4.78 is 0. The summed E-state index contributed by atoms with van der Waals surface area (Å²) in [5, 5.41) is 3.58. The Kier molecular flexibility index (Phi) is 3.68. The summed E-state index contributed by atoms with van der Waals surface area (Å²) >= 11 is 0. The zero-order chi connectivity index (χ0) is 10.7. The summed E-state index contributed by atoms with van der Waals surface area (Å²) in [6.07, 6.45) is 7.37. The van der Waals surface area contributed by atoms with E-state index in [-0.39, 0.29) is 0 Å². The zero-order valence-corrected chi connectivity index (χ0v) is 10.4. The molecule has 0 spiro atoms. The smallest absolute Gasteiger partial charge is 0.0252 e. The molecule has 1 aliphatic carbocycles. The lowest BCUT2D eigenvalue weighted by Gasteiger charge is -2.41. The van der Waals surface area contributed by atoms with Crippen LogP contribution in [0.1, 0.15) is 46.0 Å². The fraction of sp³-hybridized carbons (Fsp3) is 1.00. The Morgan fingerprint density at radius 2 is 1.93 bits per heavy atom. The predicted octanol–water partition coefficient (Wildman–Crippen LogP) is 2.25. The molecular formula is C13H26N2. The second kappa shape index (κ2) is 4.84. The maximum Gasteiger partial charge on any atom is 0.0252 e. The molecule has 1 aliphatic heterocycles.